The topological polar surface area (TPSA) is 42.1 Å². The summed E-state index contributed by atoms with van der Waals surface area (Å²) in [5.41, 5.74) is 0.942. The molecule has 0 amide bonds. The van der Waals surface area contributed by atoms with Crippen molar-refractivity contribution in [3.8, 4) is 0 Å². The summed E-state index contributed by atoms with van der Waals surface area (Å²) in [4.78, 5) is 4.11. The Balaban J connectivity index is 2.29. The lowest BCUT2D eigenvalue weighted by molar-refractivity contribution is 1.07. The van der Waals surface area contributed by atoms with Crippen molar-refractivity contribution in [1.82, 2.24) is 4.98 Å². The zero-order valence-corrected chi connectivity index (χ0v) is 7.74. The molecule has 4 heteroatoms. The fourth-order valence-corrected chi connectivity index (χ4v) is 1.62. The van der Waals surface area contributed by atoms with Gasteiger partial charge in [0.2, 0.25) is 5.13 Å². The molecule has 0 aliphatic heterocycles. The number of thiazole rings is 1. The van der Waals surface area contributed by atoms with Crippen LogP contribution in [0.3, 0.4) is 0 Å². The van der Waals surface area contributed by atoms with E-state index in [-0.39, 0.29) is 0 Å². The number of hydrazine groups is 1. The van der Waals surface area contributed by atoms with Crippen LogP contribution in [0.1, 0.15) is 0 Å². The Hall–Kier alpha value is -1.39. The lowest BCUT2D eigenvalue weighted by Crippen LogP contribution is -2.24. The Labute approximate surface area is 80.4 Å². The van der Waals surface area contributed by atoms with Crippen LogP contribution in [0, 0.1) is 0 Å². The fourth-order valence-electron chi connectivity index (χ4n) is 1.03. The molecule has 66 valence electrons. The number of anilines is 2. The number of para-hydroxylation sites is 1. The second-order valence-electron chi connectivity index (χ2n) is 2.52. The van der Waals surface area contributed by atoms with E-state index in [1.807, 2.05) is 35.7 Å². The van der Waals surface area contributed by atoms with E-state index < -0.39 is 0 Å². The van der Waals surface area contributed by atoms with Gasteiger partial charge in [-0.15, -0.1) is 11.3 Å². The van der Waals surface area contributed by atoms with Crippen molar-refractivity contribution in [2.24, 2.45) is 5.84 Å². The Morgan fingerprint density at radius 2 is 2.00 bits per heavy atom. The molecule has 0 aliphatic carbocycles. The predicted octanol–water partition coefficient (Wildman–Crippen LogP) is 2.15. The molecule has 0 saturated heterocycles. The normalized spacial score (nSPS) is 9.92. The highest BCUT2D eigenvalue weighted by atomic mass is 32.1. The summed E-state index contributed by atoms with van der Waals surface area (Å²) in [5.74, 6) is 5.84. The first-order valence-electron chi connectivity index (χ1n) is 3.87. The van der Waals surface area contributed by atoms with Crippen molar-refractivity contribution < 1.29 is 0 Å². The molecular weight excluding hydrogens is 182 g/mol. The summed E-state index contributed by atoms with van der Waals surface area (Å²) >= 11 is 1.52. The predicted molar refractivity (Wildman–Crippen MR) is 54.9 cm³/mol. The Kier molecular flexibility index (Phi) is 2.25. The summed E-state index contributed by atoms with van der Waals surface area (Å²) < 4.78 is 0. The number of aromatic nitrogens is 1. The molecule has 0 unspecified atom stereocenters. The number of nitrogens with two attached hydrogens (primary N) is 1. The molecule has 0 saturated carbocycles. The number of benzene rings is 1. The lowest BCUT2D eigenvalue weighted by Gasteiger charge is -2.14. The highest BCUT2D eigenvalue weighted by molar-refractivity contribution is 7.13. The van der Waals surface area contributed by atoms with E-state index in [1.54, 1.807) is 11.2 Å². The van der Waals surface area contributed by atoms with Crippen LogP contribution in [0.25, 0.3) is 0 Å². The van der Waals surface area contributed by atoms with Gasteiger partial charge in [-0.1, -0.05) is 18.2 Å². The highest BCUT2D eigenvalue weighted by Crippen LogP contribution is 2.22. The third-order valence-corrected chi connectivity index (χ3v) is 2.43. The summed E-state index contributed by atoms with van der Waals surface area (Å²) in [7, 11) is 0. The standard InChI is InChI=1S/C9H9N3S/c10-12(9-11-6-7-13-9)8-4-2-1-3-5-8/h1-7H,10H2. The molecule has 0 bridgehead atoms. The first-order valence-corrected chi connectivity index (χ1v) is 4.75. The minimum Gasteiger partial charge on any atom is -0.254 e. The molecule has 1 aromatic carbocycles. The maximum atomic E-state index is 5.84. The van der Waals surface area contributed by atoms with Crippen molar-refractivity contribution in [1.29, 1.82) is 0 Å². The lowest BCUT2D eigenvalue weighted by atomic mass is 10.3. The van der Waals surface area contributed by atoms with E-state index in [0.29, 0.717) is 0 Å². The highest BCUT2D eigenvalue weighted by Gasteiger charge is 2.04. The van der Waals surface area contributed by atoms with Crippen LogP contribution in [0.5, 0.6) is 0 Å². The molecule has 0 aliphatic rings. The quantitative estimate of drug-likeness (QED) is 0.584. The van der Waals surface area contributed by atoms with Gasteiger partial charge in [-0.25, -0.2) is 10.8 Å². The second-order valence-corrected chi connectivity index (χ2v) is 3.39. The van der Waals surface area contributed by atoms with Gasteiger partial charge in [0, 0.05) is 11.6 Å². The van der Waals surface area contributed by atoms with Crippen LogP contribution in [0.15, 0.2) is 41.9 Å². The van der Waals surface area contributed by atoms with Crippen molar-refractivity contribution in [2.45, 2.75) is 0 Å². The maximum absolute atomic E-state index is 5.84. The van der Waals surface area contributed by atoms with E-state index in [2.05, 4.69) is 4.98 Å². The molecule has 1 heterocycles. The summed E-state index contributed by atoms with van der Waals surface area (Å²) in [6.45, 7) is 0. The molecule has 0 atom stereocenters. The molecular formula is C9H9N3S. The van der Waals surface area contributed by atoms with E-state index in [4.69, 9.17) is 5.84 Å². The van der Waals surface area contributed by atoms with E-state index >= 15 is 0 Å². The minimum atomic E-state index is 0.797. The average molecular weight is 191 g/mol. The Morgan fingerprint density at radius 3 is 2.62 bits per heavy atom. The van der Waals surface area contributed by atoms with Crippen molar-refractivity contribution >= 4 is 22.2 Å². The fraction of sp³-hybridized carbons (Fsp3) is 0. The van der Waals surface area contributed by atoms with Gasteiger partial charge in [-0.3, -0.25) is 5.01 Å². The van der Waals surface area contributed by atoms with Gasteiger partial charge in [-0.05, 0) is 12.1 Å². The third-order valence-electron chi connectivity index (χ3n) is 1.66. The second kappa shape index (κ2) is 3.55. The molecule has 13 heavy (non-hydrogen) atoms. The van der Waals surface area contributed by atoms with E-state index in [9.17, 15) is 0 Å². The third kappa shape index (κ3) is 1.68. The van der Waals surface area contributed by atoms with Gasteiger partial charge >= 0.3 is 0 Å². The smallest absolute Gasteiger partial charge is 0.204 e. The summed E-state index contributed by atoms with van der Waals surface area (Å²) in [5, 5.41) is 4.27. The molecule has 0 spiro atoms. The Morgan fingerprint density at radius 1 is 1.23 bits per heavy atom. The Bertz CT molecular complexity index is 358. The molecule has 0 fully saturated rings. The number of hydrogen-bond donors (Lipinski definition) is 1. The number of rotatable bonds is 2. The summed E-state index contributed by atoms with van der Waals surface area (Å²) in [6.07, 6.45) is 1.74. The van der Waals surface area contributed by atoms with Crippen LogP contribution < -0.4 is 10.9 Å². The van der Waals surface area contributed by atoms with Crippen LogP contribution in [-0.4, -0.2) is 4.98 Å². The molecule has 1 aromatic heterocycles. The van der Waals surface area contributed by atoms with Crippen LogP contribution in [0.2, 0.25) is 0 Å². The number of hydrogen-bond acceptors (Lipinski definition) is 4. The summed E-state index contributed by atoms with van der Waals surface area (Å²) in [6, 6.07) is 9.74. The molecule has 0 radical (unpaired) electrons. The monoisotopic (exact) mass is 191 g/mol. The first-order chi connectivity index (χ1) is 6.38. The van der Waals surface area contributed by atoms with Crippen molar-refractivity contribution in [3.63, 3.8) is 0 Å². The first kappa shape index (κ1) is 8.22. The zero-order valence-electron chi connectivity index (χ0n) is 6.92. The molecule has 2 aromatic rings. The van der Waals surface area contributed by atoms with Gasteiger partial charge in [-0.2, -0.15) is 0 Å². The van der Waals surface area contributed by atoms with Gasteiger partial charge in [0.1, 0.15) is 0 Å². The SMILES string of the molecule is NN(c1ccccc1)c1nccs1. The van der Waals surface area contributed by atoms with Crippen molar-refractivity contribution in [2.75, 3.05) is 5.01 Å². The zero-order chi connectivity index (χ0) is 9.10. The van der Waals surface area contributed by atoms with Crippen LogP contribution in [0.4, 0.5) is 10.8 Å². The largest absolute Gasteiger partial charge is 0.254 e. The van der Waals surface area contributed by atoms with Gasteiger partial charge in [0.15, 0.2) is 0 Å². The van der Waals surface area contributed by atoms with E-state index in [0.717, 1.165) is 10.8 Å². The minimum absolute atomic E-state index is 0.797. The van der Waals surface area contributed by atoms with Gasteiger partial charge in [0.05, 0.1) is 5.69 Å². The van der Waals surface area contributed by atoms with Crippen LogP contribution in [-0.2, 0) is 0 Å². The van der Waals surface area contributed by atoms with Gasteiger partial charge < -0.3 is 0 Å². The molecule has 2 rings (SSSR count). The van der Waals surface area contributed by atoms with E-state index in [1.165, 1.54) is 11.3 Å². The molecule has 2 N–H and O–H groups in total. The average Bonchev–Trinajstić information content (AvgIpc) is 2.71. The van der Waals surface area contributed by atoms with Crippen molar-refractivity contribution in [3.05, 3.63) is 41.9 Å². The molecule has 3 nitrogen and oxygen atoms in total. The number of nitrogens with zero attached hydrogens (tertiary/aromatic N) is 2. The maximum Gasteiger partial charge on any atom is 0.204 e. The van der Waals surface area contributed by atoms with Crippen LogP contribution >= 0.6 is 11.3 Å². The van der Waals surface area contributed by atoms with Gasteiger partial charge in [0.25, 0.3) is 0 Å².